The molecular weight excluding hydrogens is 294 g/mol. The molecule has 2 aromatic rings. The van der Waals surface area contributed by atoms with Crippen molar-refractivity contribution in [3.05, 3.63) is 29.9 Å². The van der Waals surface area contributed by atoms with E-state index < -0.39 is 0 Å². The lowest BCUT2D eigenvalue weighted by atomic mass is 9.96. The summed E-state index contributed by atoms with van der Waals surface area (Å²) in [5.74, 6) is 2.31. The normalized spacial score (nSPS) is 17.8. The molecule has 1 atom stereocenters. The summed E-state index contributed by atoms with van der Waals surface area (Å²) in [6.45, 7) is 6.88. The summed E-state index contributed by atoms with van der Waals surface area (Å²) in [5.41, 5.74) is -0.144. The number of imidazole rings is 1. The van der Waals surface area contributed by atoms with Crippen molar-refractivity contribution in [3.8, 4) is 0 Å². The van der Waals surface area contributed by atoms with E-state index in [0.29, 0.717) is 24.6 Å². The minimum absolute atomic E-state index is 0.0223. The molecule has 7 nitrogen and oxygen atoms in total. The van der Waals surface area contributed by atoms with Crippen LogP contribution < -0.4 is 5.32 Å². The maximum absolute atomic E-state index is 12.1. The van der Waals surface area contributed by atoms with E-state index in [1.807, 2.05) is 33.2 Å². The van der Waals surface area contributed by atoms with Crippen LogP contribution in [0.5, 0.6) is 0 Å². The van der Waals surface area contributed by atoms with Crippen LogP contribution in [0, 0.1) is 0 Å². The van der Waals surface area contributed by atoms with E-state index in [9.17, 15) is 4.79 Å². The number of aryl methyl sites for hydroxylation is 2. The molecule has 1 N–H and O–H groups in total. The number of carbonyl (C=O) groups excluding carboxylic acids is 1. The van der Waals surface area contributed by atoms with Crippen LogP contribution in [0.2, 0.25) is 0 Å². The van der Waals surface area contributed by atoms with E-state index in [0.717, 1.165) is 25.2 Å². The molecule has 3 rings (SSSR count). The predicted octanol–water partition coefficient (Wildman–Crippen LogP) is 1.63. The SMILES string of the molecule is CC(C)(C)c1noc(CCC(=O)NC2CCc3nccn3C2)n1. The van der Waals surface area contributed by atoms with Gasteiger partial charge < -0.3 is 14.4 Å². The van der Waals surface area contributed by atoms with Crippen molar-refractivity contribution in [2.75, 3.05) is 0 Å². The van der Waals surface area contributed by atoms with Crippen molar-refractivity contribution in [3.63, 3.8) is 0 Å². The first-order chi connectivity index (χ1) is 10.9. The molecule has 1 amide bonds. The largest absolute Gasteiger partial charge is 0.352 e. The number of nitrogens with zero attached hydrogens (tertiary/aromatic N) is 4. The van der Waals surface area contributed by atoms with Crippen LogP contribution in [0.4, 0.5) is 0 Å². The third kappa shape index (κ3) is 3.78. The van der Waals surface area contributed by atoms with Crippen LogP contribution in [0.3, 0.4) is 0 Å². The number of nitrogens with one attached hydrogen (secondary N) is 1. The Morgan fingerprint density at radius 1 is 1.48 bits per heavy atom. The lowest BCUT2D eigenvalue weighted by Gasteiger charge is -2.24. The van der Waals surface area contributed by atoms with Crippen LogP contribution in [0.1, 0.15) is 51.2 Å². The summed E-state index contributed by atoms with van der Waals surface area (Å²) in [4.78, 5) is 20.8. The number of hydrogen-bond acceptors (Lipinski definition) is 5. The van der Waals surface area contributed by atoms with Gasteiger partial charge in [-0.2, -0.15) is 4.98 Å². The molecule has 7 heteroatoms. The molecule has 2 aromatic heterocycles. The summed E-state index contributed by atoms with van der Waals surface area (Å²) in [6, 6.07) is 0.164. The summed E-state index contributed by atoms with van der Waals surface area (Å²) in [5, 5.41) is 7.05. The average molecular weight is 317 g/mol. The topological polar surface area (TPSA) is 85.8 Å². The highest BCUT2D eigenvalue weighted by atomic mass is 16.5. The van der Waals surface area contributed by atoms with Crippen LogP contribution in [-0.2, 0) is 29.6 Å². The zero-order valence-corrected chi connectivity index (χ0v) is 13.9. The minimum atomic E-state index is -0.144. The van der Waals surface area contributed by atoms with Crippen molar-refractivity contribution in [2.24, 2.45) is 0 Å². The van der Waals surface area contributed by atoms with Crippen molar-refractivity contribution in [1.29, 1.82) is 0 Å². The summed E-state index contributed by atoms with van der Waals surface area (Å²) < 4.78 is 7.31. The standard InChI is InChI=1S/C16H23N5O2/c1-16(2,3)15-19-14(23-20-15)7-6-13(22)18-11-4-5-12-17-8-9-21(12)10-11/h8-9,11H,4-7,10H2,1-3H3,(H,18,22). The smallest absolute Gasteiger partial charge is 0.227 e. The third-order valence-corrected chi connectivity index (χ3v) is 4.01. The van der Waals surface area contributed by atoms with E-state index in [2.05, 4.69) is 25.0 Å². The van der Waals surface area contributed by atoms with E-state index in [-0.39, 0.29) is 17.4 Å². The number of rotatable bonds is 4. The van der Waals surface area contributed by atoms with Gasteiger partial charge in [-0.15, -0.1) is 0 Å². The Morgan fingerprint density at radius 3 is 3.04 bits per heavy atom. The summed E-state index contributed by atoms with van der Waals surface area (Å²) in [7, 11) is 0. The molecular formula is C16H23N5O2. The van der Waals surface area contributed by atoms with Gasteiger partial charge in [0.1, 0.15) is 5.82 Å². The number of fused-ring (bicyclic) bond motifs is 1. The van der Waals surface area contributed by atoms with Gasteiger partial charge in [0.2, 0.25) is 11.8 Å². The highest BCUT2D eigenvalue weighted by Gasteiger charge is 2.22. The van der Waals surface area contributed by atoms with Gasteiger partial charge in [0.15, 0.2) is 5.82 Å². The molecule has 1 aliphatic rings. The molecule has 23 heavy (non-hydrogen) atoms. The zero-order chi connectivity index (χ0) is 16.4. The molecule has 3 heterocycles. The first kappa shape index (κ1) is 15.7. The lowest BCUT2D eigenvalue weighted by molar-refractivity contribution is -0.122. The van der Waals surface area contributed by atoms with E-state index >= 15 is 0 Å². The molecule has 0 spiro atoms. The quantitative estimate of drug-likeness (QED) is 0.926. The molecule has 0 saturated heterocycles. The Hall–Kier alpha value is -2.18. The third-order valence-electron chi connectivity index (χ3n) is 4.01. The van der Waals surface area contributed by atoms with Gasteiger partial charge in [0.05, 0.1) is 0 Å². The molecule has 0 aliphatic carbocycles. The fourth-order valence-electron chi connectivity index (χ4n) is 2.67. The summed E-state index contributed by atoms with van der Waals surface area (Å²) >= 11 is 0. The van der Waals surface area contributed by atoms with E-state index in [1.165, 1.54) is 0 Å². The minimum Gasteiger partial charge on any atom is -0.352 e. The maximum Gasteiger partial charge on any atom is 0.227 e. The zero-order valence-electron chi connectivity index (χ0n) is 13.9. The highest BCUT2D eigenvalue weighted by molar-refractivity contribution is 5.76. The van der Waals surface area contributed by atoms with Gasteiger partial charge in [-0.05, 0) is 6.42 Å². The van der Waals surface area contributed by atoms with Gasteiger partial charge >= 0.3 is 0 Å². The van der Waals surface area contributed by atoms with Crippen LogP contribution in [-0.4, -0.2) is 31.6 Å². The molecule has 124 valence electrons. The second kappa shape index (κ2) is 6.14. The average Bonchev–Trinajstić information content (AvgIpc) is 3.13. The highest BCUT2D eigenvalue weighted by Crippen LogP contribution is 2.19. The number of aromatic nitrogens is 4. The fraction of sp³-hybridized carbons (Fsp3) is 0.625. The monoisotopic (exact) mass is 317 g/mol. The Labute approximate surface area is 135 Å². The lowest BCUT2D eigenvalue weighted by Crippen LogP contribution is -2.41. The van der Waals surface area contributed by atoms with E-state index in [1.54, 1.807) is 0 Å². The Morgan fingerprint density at radius 2 is 2.30 bits per heavy atom. The Balaban J connectivity index is 1.48. The predicted molar refractivity (Wildman–Crippen MR) is 83.8 cm³/mol. The van der Waals surface area contributed by atoms with Crippen LogP contribution in [0.25, 0.3) is 0 Å². The molecule has 0 fully saturated rings. The molecule has 0 radical (unpaired) electrons. The van der Waals surface area contributed by atoms with Crippen molar-refractivity contribution in [2.45, 2.75) is 64.5 Å². The second-order valence-corrected chi connectivity index (χ2v) is 7.06. The molecule has 1 unspecified atom stereocenters. The van der Waals surface area contributed by atoms with Crippen molar-refractivity contribution >= 4 is 5.91 Å². The van der Waals surface area contributed by atoms with Crippen molar-refractivity contribution < 1.29 is 9.32 Å². The van der Waals surface area contributed by atoms with Crippen molar-refractivity contribution in [1.82, 2.24) is 25.0 Å². The van der Waals surface area contributed by atoms with E-state index in [4.69, 9.17) is 4.52 Å². The van der Waals surface area contributed by atoms with Crippen LogP contribution in [0.15, 0.2) is 16.9 Å². The van der Waals surface area contributed by atoms with Gasteiger partial charge in [-0.25, -0.2) is 4.98 Å². The molecule has 0 saturated carbocycles. The first-order valence-corrected chi connectivity index (χ1v) is 8.04. The number of carbonyl (C=O) groups is 1. The Bertz CT molecular complexity index is 683. The first-order valence-electron chi connectivity index (χ1n) is 8.04. The van der Waals surface area contributed by atoms with Gasteiger partial charge in [0.25, 0.3) is 0 Å². The number of amides is 1. The maximum atomic E-state index is 12.1. The van der Waals surface area contributed by atoms with Gasteiger partial charge in [-0.1, -0.05) is 25.9 Å². The molecule has 1 aliphatic heterocycles. The fourth-order valence-corrected chi connectivity index (χ4v) is 2.67. The molecule has 0 aromatic carbocycles. The number of hydrogen-bond donors (Lipinski definition) is 1. The second-order valence-electron chi connectivity index (χ2n) is 7.06. The van der Waals surface area contributed by atoms with Gasteiger partial charge in [-0.3, -0.25) is 4.79 Å². The van der Waals surface area contributed by atoms with Crippen LogP contribution >= 0.6 is 0 Å². The summed E-state index contributed by atoms with van der Waals surface area (Å²) in [6.07, 6.45) is 6.42. The Kier molecular flexibility index (Phi) is 4.19. The molecule has 0 bridgehead atoms. The van der Waals surface area contributed by atoms with Gasteiger partial charge in [0, 0.05) is 49.7 Å².